The predicted octanol–water partition coefficient (Wildman–Crippen LogP) is 4.65. The molecular formula is C19H26FN3OS. The molecule has 2 aliphatic rings. The topological polar surface area (TPSA) is 58.7 Å². The average Bonchev–Trinajstić information content (AvgIpc) is 3.12. The fourth-order valence-electron chi connectivity index (χ4n) is 3.30. The number of amides is 1. The fourth-order valence-corrected chi connectivity index (χ4v) is 3.76. The molecule has 4 nitrogen and oxygen atoms in total. The van der Waals surface area contributed by atoms with Crippen LogP contribution >= 0.6 is 12.3 Å². The number of allylic oxidation sites excluding steroid dienone is 5. The lowest BCUT2D eigenvalue weighted by atomic mass is 9.77. The van der Waals surface area contributed by atoms with Gasteiger partial charge in [-0.05, 0) is 31.6 Å². The molecule has 1 amide bonds. The normalized spacial score (nSPS) is 22.7. The Morgan fingerprint density at radius 1 is 1.32 bits per heavy atom. The van der Waals surface area contributed by atoms with Crippen LogP contribution in [0.3, 0.4) is 0 Å². The number of nitrogens with zero attached hydrogens (tertiary/aromatic N) is 2. The van der Waals surface area contributed by atoms with Crippen molar-refractivity contribution >= 4 is 25.0 Å². The number of carbonyl (C=O) groups is 1. The highest BCUT2D eigenvalue weighted by Gasteiger charge is 2.55. The second-order valence-electron chi connectivity index (χ2n) is 5.45. The quantitative estimate of drug-likeness (QED) is 0.407. The van der Waals surface area contributed by atoms with Crippen molar-refractivity contribution in [3.8, 4) is 0 Å². The van der Waals surface area contributed by atoms with E-state index in [2.05, 4.69) is 24.9 Å². The van der Waals surface area contributed by atoms with Crippen molar-refractivity contribution in [2.45, 2.75) is 33.1 Å². The van der Waals surface area contributed by atoms with Crippen molar-refractivity contribution in [2.24, 2.45) is 16.1 Å². The van der Waals surface area contributed by atoms with E-state index in [-0.39, 0.29) is 24.1 Å². The van der Waals surface area contributed by atoms with E-state index in [0.29, 0.717) is 31.4 Å². The van der Waals surface area contributed by atoms with Crippen LogP contribution < -0.4 is 5.73 Å². The van der Waals surface area contributed by atoms with Crippen LogP contribution in [-0.4, -0.2) is 23.5 Å². The van der Waals surface area contributed by atoms with Crippen molar-refractivity contribution in [1.82, 2.24) is 4.31 Å². The number of hydrogen-bond acceptors (Lipinski definition) is 4. The van der Waals surface area contributed by atoms with Crippen LogP contribution in [0.1, 0.15) is 33.1 Å². The van der Waals surface area contributed by atoms with E-state index in [1.165, 1.54) is 0 Å². The van der Waals surface area contributed by atoms with Gasteiger partial charge in [-0.25, -0.2) is 9.30 Å². The Labute approximate surface area is 154 Å². The Morgan fingerprint density at radius 3 is 2.48 bits per heavy atom. The molecule has 1 spiro atoms. The first-order valence-electron chi connectivity index (χ1n) is 8.25. The molecule has 0 saturated heterocycles. The van der Waals surface area contributed by atoms with Gasteiger partial charge in [0.2, 0.25) is 0 Å². The molecule has 25 heavy (non-hydrogen) atoms. The second kappa shape index (κ2) is 9.53. The molecule has 6 heteroatoms. The van der Waals surface area contributed by atoms with E-state index in [9.17, 15) is 8.68 Å². The number of hydrogen-bond donors (Lipinski definition) is 1. The molecule has 0 radical (unpaired) electrons. The standard InChI is InChI=1S/C17H20FN3OS.C2H6/c1-4-12-10-17(11-13(12)8-6-7-9-19)14(5-2)15(20-3)21(23-18)16(17)22;1-2/h4-7H,1-3,8-11,19H2;1-2H3/b7-6-;. The number of halogens is 1. The number of carbonyl (C=O) groups excluding carboxylic acids is 1. The molecule has 2 rings (SSSR count). The summed E-state index contributed by atoms with van der Waals surface area (Å²) in [7, 11) is 0. The molecule has 1 aliphatic carbocycles. The maximum absolute atomic E-state index is 13.3. The van der Waals surface area contributed by atoms with Gasteiger partial charge in [0.1, 0.15) is 0 Å². The van der Waals surface area contributed by atoms with Crippen molar-refractivity contribution in [3.63, 3.8) is 0 Å². The number of rotatable bonds is 7. The summed E-state index contributed by atoms with van der Waals surface area (Å²) >= 11 is -0.146. The van der Waals surface area contributed by atoms with Crippen molar-refractivity contribution in [2.75, 3.05) is 6.54 Å². The van der Waals surface area contributed by atoms with Gasteiger partial charge in [0.15, 0.2) is 18.2 Å². The molecule has 0 aromatic heterocycles. The Bertz CT molecular complexity index is 651. The predicted molar refractivity (Wildman–Crippen MR) is 105 cm³/mol. The van der Waals surface area contributed by atoms with Gasteiger partial charge in [0.05, 0.1) is 5.41 Å². The van der Waals surface area contributed by atoms with Crippen LogP contribution in [0.5, 0.6) is 0 Å². The molecule has 1 heterocycles. The molecule has 136 valence electrons. The lowest BCUT2D eigenvalue weighted by Gasteiger charge is -2.24. The zero-order valence-electron chi connectivity index (χ0n) is 14.9. The fraction of sp³-hybridized carbons (Fsp3) is 0.368. The summed E-state index contributed by atoms with van der Waals surface area (Å²) in [6.45, 7) is 15.6. The molecule has 0 saturated carbocycles. The second-order valence-corrected chi connectivity index (χ2v) is 5.95. The minimum Gasteiger partial charge on any atom is -0.327 e. The van der Waals surface area contributed by atoms with Crippen LogP contribution in [0.4, 0.5) is 3.89 Å². The van der Waals surface area contributed by atoms with Crippen LogP contribution in [0.2, 0.25) is 0 Å². The van der Waals surface area contributed by atoms with E-state index in [1.807, 2.05) is 26.0 Å². The lowest BCUT2D eigenvalue weighted by Crippen LogP contribution is -2.32. The van der Waals surface area contributed by atoms with E-state index in [1.54, 1.807) is 12.2 Å². The van der Waals surface area contributed by atoms with Crippen LogP contribution in [0.25, 0.3) is 0 Å². The number of nitrogens with two attached hydrogens (primary N) is 1. The first kappa shape index (κ1) is 21.1. The smallest absolute Gasteiger partial charge is 0.251 e. The Kier molecular flexibility index (Phi) is 8.06. The third-order valence-corrected chi connectivity index (χ3v) is 4.82. The molecule has 0 fully saturated rings. The van der Waals surface area contributed by atoms with E-state index in [0.717, 1.165) is 15.5 Å². The molecule has 1 aliphatic heterocycles. The lowest BCUT2D eigenvalue weighted by molar-refractivity contribution is -0.130. The van der Waals surface area contributed by atoms with Gasteiger partial charge in [-0.2, -0.15) is 0 Å². The monoisotopic (exact) mass is 363 g/mol. The highest BCUT2D eigenvalue weighted by Crippen LogP contribution is 2.56. The molecule has 1 unspecified atom stereocenters. The molecule has 0 bridgehead atoms. The third-order valence-electron chi connectivity index (χ3n) is 4.34. The Balaban J connectivity index is 0.00000151. The van der Waals surface area contributed by atoms with Gasteiger partial charge >= 0.3 is 0 Å². The van der Waals surface area contributed by atoms with Crippen molar-refractivity contribution in [1.29, 1.82) is 0 Å². The van der Waals surface area contributed by atoms with Crippen LogP contribution in [-0.2, 0) is 4.79 Å². The summed E-state index contributed by atoms with van der Waals surface area (Å²) in [5.74, 6) is -0.0842. The summed E-state index contributed by atoms with van der Waals surface area (Å²) in [5.41, 5.74) is 7.35. The Hall–Kier alpha value is -1.92. The Morgan fingerprint density at radius 2 is 2.00 bits per heavy atom. The highest BCUT2D eigenvalue weighted by atomic mass is 32.2. The maximum atomic E-state index is 13.3. The SMILES string of the molecule is C=CC1=C(C/C=C\CN)CC2(C1)C(=O)N(SF)C(N=C)=C2C=C.CC. The summed E-state index contributed by atoms with van der Waals surface area (Å²) in [5, 5.41) is 0. The van der Waals surface area contributed by atoms with Gasteiger partial charge in [0.25, 0.3) is 5.91 Å². The zero-order chi connectivity index (χ0) is 19.0. The van der Waals surface area contributed by atoms with Crippen molar-refractivity contribution in [3.05, 3.63) is 60.0 Å². The van der Waals surface area contributed by atoms with Gasteiger partial charge in [-0.3, -0.25) is 4.79 Å². The molecule has 2 N–H and O–H groups in total. The van der Waals surface area contributed by atoms with E-state index in [4.69, 9.17) is 5.73 Å². The average molecular weight is 364 g/mol. The summed E-state index contributed by atoms with van der Waals surface area (Å²) in [6, 6.07) is 0. The minimum absolute atomic E-state index is 0.146. The minimum atomic E-state index is -0.854. The molecule has 1 atom stereocenters. The molecule has 0 aromatic rings. The van der Waals surface area contributed by atoms with E-state index >= 15 is 0 Å². The maximum Gasteiger partial charge on any atom is 0.251 e. The third kappa shape index (κ3) is 3.70. The van der Waals surface area contributed by atoms with Crippen LogP contribution in [0.15, 0.2) is 65.0 Å². The summed E-state index contributed by atoms with van der Waals surface area (Å²) in [4.78, 5) is 16.7. The van der Waals surface area contributed by atoms with Gasteiger partial charge in [-0.15, -0.1) is 3.89 Å². The molecular weight excluding hydrogens is 337 g/mol. The largest absolute Gasteiger partial charge is 0.327 e. The number of aliphatic imine (C=N–C) groups is 1. The van der Waals surface area contributed by atoms with Gasteiger partial charge < -0.3 is 5.73 Å². The molecule has 0 aromatic carbocycles. The van der Waals surface area contributed by atoms with E-state index < -0.39 is 5.41 Å². The first-order chi connectivity index (χ1) is 12.1. The highest BCUT2D eigenvalue weighted by molar-refractivity contribution is 7.92. The first-order valence-corrected chi connectivity index (χ1v) is 8.92. The van der Waals surface area contributed by atoms with Gasteiger partial charge in [0, 0.05) is 12.1 Å². The van der Waals surface area contributed by atoms with Gasteiger partial charge in [-0.1, -0.05) is 56.9 Å². The summed E-state index contributed by atoms with van der Waals surface area (Å²) < 4.78 is 14.2. The zero-order valence-corrected chi connectivity index (χ0v) is 15.7. The summed E-state index contributed by atoms with van der Waals surface area (Å²) in [6.07, 6.45) is 8.86. The van der Waals surface area contributed by atoms with Crippen LogP contribution in [0, 0.1) is 5.41 Å². The van der Waals surface area contributed by atoms with Crippen molar-refractivity contribution < 1.29 is 8.68 Å².